The van der Waals surface area contributed by atoms with Crippen molar-refractivity contribution in [1.82, 2.24) is 9.29 Å². The molecule has 1 aromatic carbocycles. The van der Waals surface area contributed by atoms with Crippen LogP contribution in [0.3, 0.4) is 0 Å². The lowest BCUT2D eigenvalue weighted by Gasteiger charge is -2.22. The molecule has 3 rings (SSSR count). The molecule has 1 saturated heterocycles. The van der Waals surface area contributed by atoms with Gasteiger partial charge < -0.3 is 14.6 Å². The molecule has 1 fully saturated rings. The number of carbonyl (C=O) groups excluding carboxylic acids is 1. The van der Waals surface area contributed by atoms with Crippen molar-refractivity contribution < 1.29 is 26.7 Å². The number of nitrogens with one attached hydrogen (secondary N) is 2. The Bertz CT molecular complexity index is 982. The van der Waals surface area contributed by atoms with Gasteiger partial charge in [0, 0.05) is 31.6 Å². The first-order valence-corrected chi connectivity index (χ1v) is 9.62. The van der Waals surface area contributed by atoms with Crippen molar-refractivity contribution in [2.24, 2.45) is 7.05 Å². The van der Waals surface area contributed by atoms with Crippen molar-refractivity contribution in [3.05, 3.63) is 47.8 Å². The number of aromatic nitrogens is 1. The highest BCUT2D eigenvalue weighted by Crippen LogP contribution is 2.23. The van der Waals surface area contributed by atoms with Crippen LogP contribution >= 0.6 is 0 Å². The molecule has 2 aromatic rings. The quantitative estimate of drug-likeness (QED) is 0.805. The highest BCUT2D eigenvalue weighted by molar-refractivity contribution is 7.89. The predicted octanol–water partition coefficient (Wildman–Crippen LogP) is 2.01. The number of benzene rings is 1. The van der Waals surface area contributed by atoms with Crippen molar-refractivity contribution in [2.45, 2.75) is 23.8 Å². The number of ether oxygens (including phenoxy) is 1. The number of aryl methyl sites for hydroxylation is 1. The van der Waals surface area contributed by atoms with Crippen LogP contribution in [-0.4, -0.2) is 37.6 Å². The van der Waals surface area contributed by atoms with Gasteiger partial charge in [-0.25, -0.2) is 21.9 Å². The van der Waals surface area contributed by atoms with Crippen molar-refractivity contribution in [3.63, 3.8) is 0 Å². The van der Waals surface area contributed by atoms with E-state index in [1.54, 1.807) is 6.92 Å². The molecule has 1 amide bonds. The molecule has 0 saturated carbocycles. The zero-order valence-electron chi connectivity index (χ0n) is 14.8. The van der Waals surface area contributed by atoms with E-state index in [9.17, 15) is 22.0 Å². The lowest BCUT2D eigenvalue weighted by molar-refractivity contribution is 0.101. The Hall–Kier alpha value is -2.30. The van der Waals surface area contributed by atoms with Crippen LogP contribution < -0.4 is 10.0 Å². The average molecular weight is 399 g/mol. The standard InChI is InChI=1S/C17H19F2N3O4S/c1-17(5-6-26-10-17)21-27(24,25)12-8-15(22(2)9-12)16(23)20-11-3-4-13(18)14(19)7-11/h3-4,7-9,21H,5-6,10H2,1-2H3,(H,20,23). The molecule has 1 atom stereocenters. The molecule has 0 aliphatic carbocycles. The van der Waals surface area contributed by atoms with Crippen LogP contribution in [0.4, 0.5) is 14.5 Å². The number of hydrogen-bond acceptors (Lipinski definition) is 4. The second-order valence-electron chi connectivity index (χ2n) is 6.72. The summed E-state index contributed by atoms with van der Waals surface area (Å²) in [7, 11) is -2.35. The van der Waals surface area contributed by atoms with Crippen LogP contribution in [0.15, 0.2) is 35.4 Å². The van der Waals surface area contributed by atoms with E-state index in [4.69, 9.17) is 4.74 Å². The van der Waals surface area contributed by atoms with E-state index in [0.29, 0.717) is 13.0 Å². The first kappa shape index (κ1) is 19.5. The Kier molecular flexibility index (Phi) is 5.06. The van der Waals surface area contributed by atoms with Crippen LogP contribution in [0.2, 0.25) is 0 Å². The van der Waals surface area contributed by atoms with E-state index < -0.39 is 33.1 Å². The summed E-state index contributed by atoms with van der Waals surface area (Å²) in [6.07, 6.45) is 1.85. The summed E-state index contributed by atoms with van der Waals surface area (Å²) in [5, 5.41) is 2.41. The molecule has 2 N–H and O–H groups in total. The lowest BCUT2D eigenvalue weighted by atomic mass is 10.0. The molecule has 7 nitrogen and oxygen atoms in total. The van der Waals surface area contributed by atoms with E-state index in [0.717, 1.165) is 12.1 Å². The highest BCUT2D eigenvalue weighted by Gasteiger charge is 2.35. The number of rotatable bonds is 5. The normalized spacial score (nSPS) is 20.0. The highest BCUT2D eigenvalue weighted by atomic mass is 32.2. The molecule has 1 aliphatic rings. The monoisotopic (exact) mass is 399 g/mol. The van der Waals surface area contributed by atoms with Crippen LogP contribution in [0.1, 0.15) is 23.8 Å². The zero-order valence-corrected chi connectivity index (χ0v) is 15.6. The number of sulfonamides is 1. The van der Waals surface area contributed by atoms with Crippen LogP contribution in [0.25, 0.3) is 0 Å². The number of hydrogen-bond donors (Lipinski definition) is 2. The first-order valence-electron chi connectivity index (χ1n) is 8.14. The first-order chi connectivity index (χ1) is 12.6. The summed E-state index contributed by atoms with van der Waals surface area (Å²) in [6.45, 7) is 2.48. The Balaban J connectivity index is 1.80. The molecule has 0 bridgehead atoms. The number of carbonyl (C=O) groups is 1. The van der Waals surface area contributed by atoms with E-state index in [-0.39, 0.29) is 22.9 Å². The molecular formula is C17H19F2N3O4S. The summed E-state index contributed by atoms with van der Waals surface area (Å²) in [6, 6.07) is 4.16. The molecule has 2 heterocycles. The second-order valence-corrected chi connectivity index (χ2v) is 8.41. The number of halogens is 2. The fourth-order valence-electron chi connectivity index (χ4n) is 2.81. The molecular weight excluding hydrogens is 380 g/mol. The molecule has 1 aromatic heterocycles. The average Bonchev–Trinajstić information content (AvgIpc) is 3.17. The smallest absolute Gasteiger partial charge is 0.272 e. The Morgan fingerprint density at radius 1 is 1.26 bits per heavy atom. The summed E-state index contributed by atoms with van der Waals surface area (Å²) in [5.41, 5.74) is -0.603. The van der Waals surface area contributed by atoms with Gasteiger partial charge in [0.25, 0.3) is 5.91 Å². The molecule has 146 valence electrons. The molecule has 0 radical (unpaired) electrons. The van der Waals surface area contributed by atoms with Gasteiger partial charge in [0.05, 0.1) is 12.1 Å². The zero-order chi connectivity index (χ0) is 19.8. The Morgan fingerprint density at radius 3 is 2.63 bits per heavy atom. The maximum atomic E-state index is 13.3. The van der Waals surface area contributed by atoms with Gasteiger partial charge in [-0.05, 0) is 31.5 Å². The second kappa shape index (κ2) is 7.02. The summed E-state index contributed by atoms with van der Waals surface area (Å²) in [5.74, 6) is -2.78. The topological polar surface area (TPSA) is 89.4 Å². The van der Waals surface area contributed by atoms with Crippen molar-refractivity contribution in [1.29, 1.82) is 0 Å². The van der Waals surface area contributed by atoms with Gasteiger partial charge in [0.2, 0.25) is 10.0 Å². The van der Waals surface area contributed by atoms with Crippen LogP contribution in [-0.2, 0) is 21.8 Å². The molecule has 1 unspecified atom stereocenters. The van der Waals surface area contributed by atoms with E-state index in [1.165, 1.54) is 29.9 Å². The van der Waals surface area contributed by atoms with Crippen LogP contribution in [0.5, 0.6) is 0 Å². The molecule has 10 heteroatoms. The maximum absolute atomic E-state index is 13.3. The minimum atomic E-state index is -3.86. The fourth-order valence-corrected chi connectivity index (χ4v) is 4.30. The van der Waals surface area contributed by atoms with Gasteiger partial charge in [-0.2, -0.15) is 0 Å². The van der Waals surface area contributed by atoms with Crippen molar-refractivity contribution >= 4 is 21.6 Å². The van der Waals surface area contributed by atoms with Gasteiger partial charge in [0.1, 0.15) is 10.6 Å². The number of anilines is 1. The van der Waals surface area contributed by atoms with Crippen LogP contribution in [0, 0.1) is 11.6 Å². The SMILES string of the molecule is Cn1cc(S(=O)(=O)NC2(C)CCOC2)cc1C(=O)Nc1ccc(F)c(F)c1. The van der Waals surface area contributed by atoms with Crippen molar-refractivity contribution in [2.75, 3.05) is 18.5 Å². The third-order valence-electron chi connectivity index (χ3n) is 4.30. The van der Waals surface area contributed by atoms with Gasteiger partial charge in [-0.15, -0.1) is 0 Å². The van der Waals surface area contributed by atoms with Gasteiger partial charge in [-0.1, -0.05) is 0 Å². The largest absolute Gasteiger partial charge is 0.379 e. The molecule has 27 heavy (non-hydrogen) atoms. The minimum Gasteiger partial charge on any atom is -0.379 e. The summed E-state index contributed by atoms with van der Waals surface area (Å²) in [4.78, 5) is 12.3. The fraction of sp³-hybridized carbons (Fsp3) is 0.353. The lowest BCUT2D eigenvalue weighted by Crippen LogP contribution is -2.46. The third kappa shape index (κ3) is 4.18. The van der Waals surface area contributed by atoms with Gasteiger partial charge in [0.15, 0.2) is 11.6 Å². The summed E-state index contributed by atoms with van der Waals surface area (Å²) >= 11 is 0. The van der Waals surface area contributed by atoms with E-state index in [2.05, 4.69) is 10.0 Å². The molecule has 0 spiro atoms. The summed E-state index contributed by atoms with van der Waals surface area (Å²) < 4.78 is 60.7. The Morgan fingerprint density at radius 2 is 2.00 bits per heavy atom. The van der Waals surface area contributed by atoms with Gasteiger partial charge in [-0.3, -0.25) is 4.79 Å². The minimum absolute atomic E-state index is 0.0490. The molecule has 1 aliphatic heterocycles. The maximum Gasteiger partial charge on any atom is 0.272 e. The third-order valence-corrected chi connectivity index (χ3v) is 5.91. The Labute approximate surface area is 155 Å². The predicted molar refractivity (Wildman–Crippen MR) is 93.9 cm³/mol. The van der Waals surface area contributed by atoms with Gasteiger partial charge >= 0.3 is 0 Å². The number of nitrogens with zero attached hydrogens (tertiary/aromatic N) is 1. The van der Waals surface area contributed by atoms with E-state index in [1.807, 2.05) is 0 Å². The van der Waals surface area contributed by atoms with Crippen molar-refractivity contribution in [3.8, 4) is 0 Å². The van der Waals surface area contributed by atoms with E-state index >= 15 is 0 Å². The number of amides is 1.